The molecule has 2 heterocycles. The fourth-order valence-electron chi connectivity index (χ4n) is 2.12. The standard InChI is InChI=1S/C12H19N3O2S/c16-18(17,10-12-4-2-7-14-12)15-8-5-11-3-1-6-13-9-11/h1,3,6,9,12,14-15H,2,4-5,7-8,10H2. The van der Waals surface area contributed by atoms with Crippen LogP contribution in [0.15, 0.2) is 24.5 Å². The van der Waals surface area contributed by atoms with Crippen LogP contribution in [0.25, 0.3) is 0 Å². The highest BCUT2D eigenvalue weighted by molar-refractivity contribution is 7.89. The Morgan fingerprint density at radius 2 is 2.39 bits per heavy atom. The number of hydrogen-bond donors (Lipinski definition) is 2. The van der Waals surface area contributed by atoms with Crippen molar-refractivity contribution in [2.75, 3.05) is 18.8 Å². The molecule has 0 amide bonds. The summed E-state index contributed by atoms with van der Waals surface area (Å²) in [6.07, 6.45) is 6.15. The first-order chi connectivity index (χ1) is 8.66. The Hall–Kier alpha value is -0.980. The van der Waals surface area contributed by atoms with Crippen molar-refractivity contribution in [3.8, 4) is 0 Å². The molecule has 1 saturated heterocycles. The zero-order chi connectivity index (χ0) is 12.8. The van der Waals surface area contributed by atoms with Crippen LogP contribution in [0.1, 0.15) is 18.4 Å². The van der Waals surface area contributed by atoms with Gasteiger partial charge in [-0.3, -0.25) is 4.98 Å². The van der Waals surface area contributed by atoms with Crippen molar-refractivity contribution >= 4 is 10.0 Å². The molecular weight excluding hydrogens is 250 g/mol. The van der Waals surface area contributed by atoms with E-state index in [1.165, 1.54) is 0 Å². The summed E-state index contributed by atoms with van der Waals surface area (Å²) < 4.78 is 26.3. The first-order valence-electron chi connectivity index (χ1n) is 6.25. The van der Waals surface area contributed by atoms with Crippen molar-refractivity contribution in [1.29, 1.82) is 0 Å². The van der Waals surface area contributed by atoms with Gasteiger partial charge in [-0.15, -0.1) is 0 Å². The lowest BCUT2D eigenvalue weighted by atomic mass is 10.2. The van der Waals surface area contributed by atoms with Gasteiger partial charge in [0.15, 0.2) is 0 Å². The van der Waals surface area contributed by atoms with Crippen molar-refractivity contribution in [3.63, 3.8) is 0 Å². The number of rotatable bonds is 6. The molecule has 18 heavy (non-hydrogen) atoms. The smallest absolute Gasteiger partial charge is 0.213 e. The molecule has 5 nitrogen and oxygen atoms in total. The van der Waals surface area contributed by atoms with Crippen LogP contribution in [0, 0.1) is 0 Å². The first kappa shape index (κ1) is 13.5. The number of nitrogens with one attached hydrogen (secondary N) is 2. The van der Waals surface area contributed by atoms with Gasteiger partial charge in [-0.2, -0.15) is 0 Å². The van der Waals surface area contributed by atoms with Crippen molar-refractivity contribution in [2.24, 2.45) is 0 Å². The lowest BCUT2D eigenvalue weighted by Crippen LogP contribution is -2.37. The lowest BCUT2D eigenvalue weighted by Gasteiger charge is -2.11. The average molecular weight is 269 g/mol. The fraction of sp³-hybridized carbons (Fsp3) is 0.583. The Morgan fingerprint density at radius 3 is 3.06 bits per heavy atom. The molecule has 2 rings (SSSR count). The zero-order valence-corrected chi connectivity index (χ0v) is 11.1. The molecule has 0 aromatic carbocycles. The molecule has 2 N–H and O–H groups in total. The monoisotopic (exact) mass is 269 g/mol. The van der Waals surface area contributed by atoms with Gasteiger partial charge in [0.2, 0.25) is 10.0 Å². The molecular formula is C12H19N3O2S. The minimum atomic E-state index is -3.17. The summed E-state index contributed by atoms with van der Waals surface area (Å²) in [5, 5.41) is 3.19. The Labute approximate surface area is 108 Å². The van der Waals surface area contributed by atoms with Gasteiger partial charge in [-0.1, -0.05) is 6.07 Å². The molecule has 1 aliphatic heterocycles. The van der Waals surface area contributed by atoms with Crippen LogP contribution in [0.5, 0.6) is 0 Å². The maximum Gasteiger partial charge on any atom is 0.213 e. The summed E-state index contributed by atoms with van der Waals surface area (Å²) in [5.74, 6) is 0.181. The zero-order valence-electron chi connectivity index (χ0n) is 10.3. The van der Waals surface area contributed by atoms with E-state index < -0.39 is 10.0 Å². The summed E-state index contributed by atoms with van der Waals surface area (Å²) in [6, 6.07) is 3.91. The molecule has 1 aliphatic rings. The Bertz CT molecular complexity index is 455. The minimum absolute atomic E-state index is 0.112. The number of sulfonamides is 1. The van der Waals surface area contributed by atoms with Gasteiger partial charge < -0.3 is 5.32 Å². The molecule has 6 heteroatoms. The number of aromatic nitrogens is 1. The Kier molecular flexibility index (Phi) is 4.68. The van der Waals surface area contributed by atoms with Crippen LogP contribution in [-0.2, 0) is 16.4 Å². The molecule has 1 atom stereocenters. The Morgan fingerprint density at radius 1 is 1.50 bits per heavy atom. The molecule has 1 fully saturated rings. The van der Waals surface area contributed by atoms with Crippen molar-refractivity contribution in [1.82, 2.24) is 15.0 Å². The number of hydrogen-bond acceptors (Lipinski definition) is 4. The van der Waals surface area contributed by atoms with E-state index in [-0.39, 0.29) is 11.8 Å². The quantitative estimate of drug-likeness (QED) is 0.779. The van der Waals surface area contributed by atoms with Gasteiger partial charge in [0.05, 0.1) is 5.75 Å². The fourth-order valence-corrected chi connectivity index (χ4v) is 3.46. The van der Waals surface area contributed by atoms with Crippen LogP contribution < -0.4 is 10.0 Å². The van der Waals surface area contributed by atoms with Crippen molar-refractivity contribution in [2.45, 2.75) is 25.3 Å². The minimum Gasteiger partial charge on any atom is -0.313 e. The molecule has 0 bridgehead atoms. The summed E-state index contributed by atoms with van der Waals surface area (Å²) in [7, 11) is -3.17. The van der Waals surface area contributed by atoms with E-state index in [1.807, 2.05) is 12.1 Å². The van der Waals surface area contributed by atoms with Gasteiger partial charge in [0.25, 0.3) is 0 Å². The van der Waals surface area contributed by atoms with E-state index in [2.05, 4.69) is 15.0 Å². The third-order valence-corrected chi connectivity index (χ3v) is 4.53. The lowest BCUT2D eigenvalue weighted by molar-refractivity contribution is 0.564. The van der Waals surface area contributed by atoms with E-state index >= 15 is 0 Å². The molecule has 1 aromatic heterocycles. The SMILES string of the molecule is O=S(=O)(CC1CCCN1)NCCc1cccnc1. The normalized spacial score (nSPS) is 20.1. The van der Waals surface area contributed by atoms with Crippen LogP contribution in [-0.4, -0.2) is 38.3 Å². The number of pyridine rings is 1. The van der Waals surface area contributed by atoms with E-state index in [9.17, 15) is 8.42 Å². The van der Waals surface area contributed by atoms with Gasteiger partial charge in [0.1, 0.15) is 0 Å². The topological polar surface area (TPSA) is 71.1 Å². The molecule has 100 valence electrons. The predicted molar refractivity (Wildman–Crippen MR) is 70.8 cm³/mol. The van der Waals surface area contributed by atoms with Crippen LogP contribution in [0.4, 0.5) is 0 Å². The van der Waals surface area contributed by atoms with Crippen molar-refractivity contribution < 1.29 is 8.42 Å². The summed E-state index contributed by atoms with van der Waals surface area (Å²) in [4.78, 5) is 4.00. The molecule has 1 unspecified atom stereocenters. The average Bonchev–Trinajstić information content (AvgIpc) is 2.82. The molecule has 1 aromatic rings. The highest BCUT2D eigenvalue weighted by Gasteiger charge is 2.21. The van der Waals surface area contributed by atoms with Gasteiger partial charge in [0, 0.05) is 25.0 Å². The second-order valence-corrected chi connectivity index (χ2v) is 6.43. The third-order valence-electron chi connectivity index (χ3n) is 3.04. The van der Waals surface area contributed by atoms with E-state index in [4.69, 9.17) is 0 Å². The molecule has 0 aliphatic carbocycles. The van der Waals surface area contributed by atoms with Crippen LogP contribution in [0.3, 0.4) is 0 Å². The van der Waals surface area contributed by atoms with E-state index in [1.54, 1.807) is 12.4 Å². The molecule has 0 saturated carbocycles. The van der Waals surface area contributed by atoms with Gasteiger partial charge in [-0.05, 0) is 37.4 Å². The second kappa shape index (κ2) is 6.26. The summed E-state index contributed by atoms with van der Waals surface area (Å²) in [5.41, 5.74) is 1.04. The van der Waals surface area contributed by atoms with E-state index in [0.29, 0.717) is 13.0 Å². The third kappa shape index (κ3) is 4.36. The highest BCUT2D eigenvalue weighted by atomic mass is 32.2. The van der Waals surface area contributed by atoms with Crippen molar-refractivity contribution in [3.05, 3.63) is 30.1 Å². The maximum absolute atomic E-state index is 11.8. The predicted octanol–water partition coefficient (Wildman–Crippen LogP) is 0.296. The number of nitrogens with zero attached hydrogens (tertiary/aromatic N) is 1. The van der Waals surface area contributed by atoms with Gasteiger partial charge in [-0.25, -0.2) is 13.1 Å². The first-order valence-corrected chi connectivity index (χ1v) is 7.90. The van der Waals surface area contributed by atoms with Gasteiger partial charge >= 0.3 is 0 Å². The largest absolute Gasteiger partial charge is 0.313 e. The maximum atomic E-state index is 11.8. The highest BCUT2D eigenvalue weighted by Crippen LogP contribution is 2.07. The van der Waals surface area contributed by atoms with E-state index in [0.717, 1.165) is 24.9 Å². The Balaban J connectivity index is 1.75. The molecule has 0 spiro atoms. The molecule has 0 radical (unpaired) electrons. The summed E-state index contributed by atoms with van der Waals surface area (Å²) in [6.45, 7) is 1.36. The summed E-state index contributed by atoms with van der Waals surface area (Å²) >= 11 is 0. The van der Waals surface area contributed by atoms with Crippen LogP contribution >= 0.6 is 0 Å². The van der Waals surface area contributed by atoms with Crippen LogP contribution in [0.2, 0.25) is 0 Å². The second-order valence-electron chi connectivity index (χ2n) is 4.58.